The van der Waals surface area contributed by atoms with Crippen LogP contribution in [-0.4, -0.2) is 31.2 Å². The second-order valence-electron chi connectivity index (χ2n) is 6.29. The molecule has 116 valence electrons. The summed E-state index contributed by atoms with van der Waals surface area (Å²) in [4.78, 5) is 13.6. The summed E-state index contributed by atoms with van der Waals surface area (Å²) in [6.07, 6.45) is 4.70. The van der Waals surface area contributed by atoms with Gasteiger partial charge in [0.25, 0.3) is 0 Å². The maximum atomic E-state index is 11.6. The van der Waals surface area contributed by atoms with Crippen molar-refractivity contribution in [1.29, 1.82) is 0 Å². The number of nitrogens with zero attached hydrogens (tertiary/aromatic N) is 1. The quantitative estimate of drug-likeness (QED) is 0.875. The van der Waals surface area contributed by atoms with Crippen LogP contribution in [0.2, 0.25) is 0 Å². The molecule has 4 heteroatoms. The van der Waals surface area contributed by atoms with E-state index in [1.165, 1.54) is 19.3 Å². The van der Waals surface area contributed by atoms with E-state index in [4.69, 9.17) is 0 Å². The molecule has 21 heavy (non-hydrogen) atoms. The average Bonchev–Trinajstić information content (AvgIpc) is 2.46. The molecule has 0 spiro atoms. The van der Waals surface area contributed by atoms with Gasteiger partial charge in [-0.1, -0.05) is 31.9 Å². The Balaban J connectivity index is 2.12. The Morgan fingerprint density at radius 3 is 2.38 bits per heavy atom. The molecule has 1 aromatic rings. The Morgan fingerprint density at radius 1 is 1.24 bits per heavy atom. The summed E-state index contributed by atoms with van der Waals surface area (Å²) in [5, 5.41) is 12.9. The molecule has 2 N–H and O–H groups in total. The normalized spacial score (nSPS) is 23.6. The first-order valence-electron chi connectivity index (χ1n) is 7.75. The summed E-state index contributed by atoms with van der Waals surface area (Å²) < 4.78 is 0. The minimum atomic E-state index is -0.801. The van der Waals surface area contributed by atoms with E-state index in [0.717, 1.165) is 17.7 Å². The number of carbonyl (C=O) groups is 1. The van der Waals surface area contributed by atoms with Crippen molar-refractivity contribution in [3.8, 4) is 0 Å². The Bertz CT molecular complexity index is 470. The lowest BCUT2D eigenvalue weighted by atomic mass is 9.85. The lowest BCUT2D eigenvalue weighted by molar-refractivity contribution is -0.140. The van der Waals surface area contributed by atoms with Crippen LogP contribution < -0.4 is 10.2 Å². The molecular formula is C17H26N2O2. The van der Waals surface area contributed by atoms with Gasteiger partial charge in [0.15, 0.2) is 0 Å². The Kier molecular flexibility index (Phi) is 5.23. The van der Waals surface area contributed by atoms with Crippen molar-refractivity contribution < 1.29 is 9.90 Å². The third kappa shape index (κ3) is 3.97. The van der Waals surface area contributed by atoms with Crippen molar-refractivity contribution in [2.45, 2.75) is 44.7 Å². The smallest absolute Gasteiger partial charge is 0.325 e. The first-order chi connectivity index (χ1) is 9.99. The first-order valence-corrected chi connectivity index (χ1v) is 7.75. The van der Waals surface area contributed by atoms with Crippen LogP contribution in [-0.2, 0) is 4.79 Å². The second-order valence-corrected chi connectivity index (χ2v) is 6.29. The van der Waals surface area contributed by atoms with Crippen LogP contribution >= 0.6 is 0 Å². The molecule has 0 aromatic heterocycles. The van der Waals surface area contributed by atoms with Crippen molar-refractivity contribution >= 4 is 11.7 Å². The zero-order chi connectivity index (χ0) is 15.4. The van der Waals surface area contributed by atoms with E-state index in [9.17, 15) is 9.90 Å². The van der Waals surface area contributed by atoms with E-state index in [1.807, 2.05) is 43.3 Å². The van der Waals surface area contributed by atoms with Crippen LogP contribution in [0.5, 0.6) is 0 Å². The molecule has 1 fully saturated rings. The van der Waals surface area contributed by atoms with Gasteiger partial charge in [0.1, 0.15) is 6.04 Å². The minimum absolute atomic E-state index is 0.299. The standard InChI is InChI=1S/C17H26N2O2/c1-12-6-4-5-7-15(12)18-16(17(20)21)13-8-10-14(11-9-13)19(2)3/h8-12,15-16,18H,4-7H2,1-3H3,(H,20,21). The van der Waals surface area contributed by atoms with Crippen LogP contribution in [0.25, 0.3) is 0 Å². The summed E-state index contributed by atoms with van der Waals surface area (Å²) in [6.45, 7) is 2.21. The zero-order valence-corrected chi connectivity index (χ0v) is 13.2. The average molecular weight is 290 g/mol. The van der Waals surface area contributed by atoms with Gasteiger partial charge in [-0.25, -0.2) is 0 Å². The highest BCUT2D eigenvalue weighted by Crippen LogP contribution is 2.27. The van der Waals surface area contributed by atoms with Crippen molar-refractivity contribution in [2.75, 3.05) is 19.0 Å². The van der Waals surface area contributed by atoms with Gasteiger partial charge in [-0.15, -0.1) is 0 Å². The summed E-state index contributed by atoms with van der Waals surface area (Å²) in [5.74, 6) is -0.257. The Labute approximate surface area is 127 Å². The van der Waals surface area contributed by atoms with E-state index in [2.05, 4.69) is 12.2 Å². The largest absolute Gasteiger partial charge is 0.480 e. The minimum Gasteiger partial charge on any atom is -0.480 e. The van der Waals surface area contributed by atoms with E-state index in [0.29, 0.717) is 12.0 Å². The predicted molar refractivity (Wildman–Crippen MR) is 85.7 cm³/mol. The van der Waals surface area contributed by atoms with Crippen LogP contribution in [0.3, 0.4) is 0 Å². The maximum Gasteiger partial charge on any atom is 0.325 e. The number of hydrogen-bond donors (Lipinski definition) is 2. The Morgan fingerprint density at radius 2 is 1.86 bits per heavy atom. The van der Waals surface area contributed by atoms with Crippen molar-refractivity contribution in [3.05, 3.63) is 29.8 Å². The van der Waals surface area contributed by atoms with Crippen molar-refractivity contribution in [3.63, 3.8) is 0 Å². The summed E-state index contributed by atoms with van der Waals surface area (Å²) >= 11 is 0. The SMILES string of the molecule is CC1CCCCC1NC(C(=O)O)c1ccc(N(C)C)cc1. The maximum absolute atomic E-state index is 11.6. The number of carboxylic acids is 1. The predicted octanol–water partition coefficient (Wildman–Crippen LogP) is 3.05. The summed E-state index contributed by atoms with van der Waals surface area (Å²) in [5.41, 5.74) is 1.90. The lowest BCUT2D eigenvalue weighted by Crippen LogP contribution is -2.42. The highest BCUT2D eigenvalue weighted by molar-refractivity contribution is 5.75. The fourth-order valence-electron chi connectivity index (χ4n) is 3.05. The molecule has 1 aliphatic rings. The molecule has 3 atom stereocenters. The molecule has 0 bridgehead atoms. The molecule has 0 heterocycles. The summed E-state index contributed by atoms with van der Waals surface area (Å²) in [6, 6.07) is 7.44. The number of benzene rings is 1. The number of anilines is 1. The Hall–Kier alpha value is -1.55. The number of rotatable bonds is 5. The topological polar surface area (TPSA) is 52.6 Å². The number of nitrogens with one attached hydrogen (secondary N) is 1. The molecule has 2 rings (SSSR count). The van der Waals surface area contributed by atoms with Gasteiger partial charge >= 0.3 is 5.97 Å². The van der Waals surface area contributed by atoms with Crippen LogP contribution in [0, 0.1) is 5.92 Å². The van der Waals surface area contributed by atoms with Crippen LogP contribution in [0.1, 0.15) is 44.2 Å². The number of aliphatic carboxylic acids is 1. The molecule has 4 nitrogen and oxygen atoms in total. The zero-order valence-electron chi connectivity index (χ0n) is 13.2. The summed E-state index contributed by atoms with van der Waals surface area (Å²) in [7, 11) is 3.96. The van der Waals surface area contributed by atoms with Crippen LogP contribution in [0.4, 0.5) is 5.69 Å². The van der Waals surface area contributed by atoms with E-state index in [1.54, 1.807) is 0 Å². The van der Waals surface area contributed by atoms with Gasteiger partial charge in [-0.05, 0) is 36.5 Å². The third-order valence-corrected chi connectivity index (χ3v) is 4.48. The molecule has 1 aliphatic carbocycles. The van der Waals surface area contributed by atoms with Gasteiger partial charge in [-0.3, -0.25) is 10.1 Å². The number of carboxylic acid groups (broad SMARTS) is 1. The van der Waals surface area contributed by atoms with Crippen molar-refractivity contribution in [2.24, 2.45) is 5.92 Å². The molecule has 0 radical (unpaired) electrons. The third-order valence-electron chi connectivity index (χ3n) is 4.48. The van der Waals surface area contributed by atoms with Gasteiger partial charge in [0, 0.05) is 25.8 Å². The monoisotopic (exact) mass is 290 g/mol. The molecule has 1 aromatic carbocycles. The van der Waals surface area contributed by atoms with Gasteiger partial charge in [0.2, 0.25) is 0 Å². The van der Waals surface area contributed by atoms with Gasteiger partial charge < -0.3 is 10.0 Å². The van der Waals surface area contributed by atoms with Gasteiger partial charge in [0.05, 0.1) is 0 Å². The highest BCUT2D eigenvalue weighted by atomic mass is 16.4. The molecule has 1 saturated carbocycles. The van der Waals surface area contributed by atoms with E-state index < -0.39 is 12.0 Å². The molecule has 0 aliphatic heterocycles. The van der Waals surface area contributed by atoms with Crippen molar-refractivity contribution in [1.82, 2.24) is 5.32 Å². The lowest BCUT2D eigenvalue weighted by Gasteiger charge is -2.32. The molecular weight excluding hydrogens is 264 g/mol. The fraction of sp³-hybridized carbons (Fsp3) is 0.588. The molecule has 0 amide bonds. The molecule has 0 saturated heterocycles. The van der Waals surface area contributed by atoms with Gasteiger partial charge in [-0.2, -0.15) is 0 Å². The van der Waals surface area contributed by atoms with Crippen LogP contribution in [0.15, 0.2) is 24.3 Å². The molecule has 3 unspecified atom stereocenters. The fourth-order valence-corrected chi connectivity index (χ4v) is 3.05. The highest BCUT2D eigenvalue weighted by Gasteiger charge is 2.28. The number of hydrogen-bond acceptors (Lipinski definition) is 3. The van der Waals surface area contributed by atoms with E-state index >= 15 is 0 Å². The van der Waals surface area contributed by atoms with E-state index in [-0.39, 0.29) is 0 Å². The first kappa shape index (κ1) is 15.8. The second kappa shape index (κ2) is 6.94.